The molecule has 1 aliphatic heterocycles. The molecule has 0 spiro atoms. The molecule has 0 saturated heterocycles. The van der Waals surface area contributed by atoms with E-state index in [-0.39, 0.29) is 11.0 Å². The fourth-order valence-corrected chi connectivity index (χ4v) is 8.58. The minimum Gasteiger partial charge on any atom is -0.228 e. The zero-order valence-corrected chi connectivity index (χ0v) is 31.2. The molecule has 2 aromatic heterocycles. The number of hydrogen-bond donors (Lipinski definition) is 0. The SMILES string of the molecule is CCCCc1cccc(-c2cc(-c3ccccc3)nc(-c3cccc(-c4ccc5c(c4)-c4c6ccccc6cc[n+]4C(C)(CC)C5(C)CC)c3)n2)c1. The van der Waals surface area contributed by atoms with Gasteiger partial charge in [0.2, 0.25) is 5.69 Å². The highest BCUT2D eigenvalue weighted by molar-refractivity contribution is 5.95. The number of hydrogen-bond acceptors (Lipinski definition) is 2. The van der Waals surface area contributed by atoms with Gasteiger partial charge in [-0.25, -0.2) is 9.97 Å². The second-order valence-corrected chi connectivity index (χ2v) is 14.9. The van der Waals surface area contributed by atoms with Crippen LogP contribution in [0.1, 0.15) is 71.4 Å². The average molecular weight is 679 g/mol. The second kappa shape index (κ2) is 13.6. The molecule has 0 aliphatic carbocycles. The molecule has 7 aromatic rings. The molecule has 258 valence electrons. The van der Waals surface area contributed by atoms with Crippen LogP contribution in [0.5, 0.6) is 0 Å². The molecule has 3 heteroatoms. The molecule has 0 saturated carbocycles. The third-order valence-electron chi connectivity index (χ3n) is 12.1. The summed E-state index contributed by atoms with van der Waals surface area (Å²) in [6.45, 7) is 11.9. The standard InChI is InChI=1S/C49H48N3/c1-6-9-17-34-18-15-23-39(30-34)45-33-44(36-20-11-10-12-21-36)50-47(51-45)40-24-16-22-37(31-40)38-26-27-43-42(32-38)46-41-25-14-13-19-35(41)28-29-52(46)49(5,8-3)48(43,4)7-2/h10-16,18-33H,6-9,17H2,1-5H3/q+1. The Morgan fingerprint density at radius 1 is 0.577 bits per heavy atom. The van der Waals surface area contributed by atoms with E-state index in [4.69, 9.17) is 9.97 Å². The van der Waals surface area contributed by atoms with Crippen LogP contribution in [0.4, 0.5) is 0 Å². The predicted octanol–water partition coefficient (Wildman–Crippen LogP) is 12.4. The van der Waals surface area contributed by atoms with E-state index in [1.165, 1.54) is 51.6 Å². The summed E-state index contributed by atoms with van der Waals surface area (Å²) in [5, 5.41) is 2.57. The second-order valence-electron chi connectivity index (χ2n) is 14.9. The Morgan fingerprint density at radius 2 is 1.27 bits per heavy atom. The molecule has 3 heterocycles. The van der Waals surface area contributed by atoms with Gasteiger partial charge in [0.05, 0.1) is 27.8 Å². The summed E-state index contributed by atoms with van der Waals surface area (Å²) in [5.41, 5.74) is 12.8. The van der Waals surface area contributed by atoms with Gasteiger partial charge < -0.3 is 0 Å². The summed E-state index contributed by atoms with van der Waals surface area (Å²) >= 11 is 0. The van der Waals surface area contributed by atoms with Gasteiger partial charge in [0.15, 0.2) is 17.6 Å². The van der Waals surface area contributed by atoms with E-state index in [9.17, 15) is 0 Å². The van der Waals surface area contributed by atoms with Crippen molar-refractivity contribution in [3.05, 3.63) is 151 Å². The van der Waals surface area contributed by atoms with Crippen molar-refractivity contribution in [1.29, 1.82) is 0 Å². The highest BCUT2D eigenvalue weighted by Crippen LogP contribution is 2.51. The van der Waals surface area contributed by atoms with Crippen LogP contribution in [-0.2, 0) is 17.4 Å². The molecule has 0 N–H and O–H groups in total. The Bertz CT molecular complexity index is 2410. The molecule has 5 aromatic carbocycles. The fourth-order valence-electron chi connectivity index (χ4n) is 8.58. The number of aryl methyl sites for hydroxylation is 1. The van der Waals surface area contributed by atoms with Crippen molar-refractivity contribution in [3.8, 4) is 56.3 Å². The van der Waals surface area contributed by atoms with Crippen molar-refractivity contribution >= 4 is 10.8 Å². The summed E-state index contributed by atoms with van der Waals surface area (Å²) in [7, 11) is 0. The quantitative estimate of drug-likeness (QED) is 0.142. The predicted molar refractivity (Wildman–Crippen MR) is 217 cm³/mol. The van der Waals surface area contributed by atoms with Gasteiger partial charge in [-0.15, -0.1) is 0 Å². The van der Waals surface area contributed by atoms with E-state index in [0.717, 1.165) is 58.7 Å². The molecule has 3 nitrogen and oxygen atoms in total. The normalized spacial score (nSPS) is 17.9. The van der Waals surface area contributed by atoms with Crippen LogP contribution in [0.15, 0.2) is 140 Å². The summed E-state index contributed by atoms with van der Waals surface area (Å²) in [4.78, 5) is 10.4. The van der Waals surface area contributed by atoms with E-state index in [1.54, 1.807) is 0 Å². The first-order valence-corrected chi connectivity index (χ1v) is 19.1. The number of benzene rings is 5. The lowest BCUT2D eigenvalue weighted by atomic mass is 9.60. The van der Waals surface area contributed by atoms with Gasteiger partial charge in [-0.3, -0.25) is 0 Å². The Labute approximate surface area is 309 Å². The average Bonchev–Trinajstić information content (AvgIpc) is 3.21. The smallest absolute Gasteiger partial charge is 0.221 e. The topological polar surface area (TPSA) is 29.7 Å². The number of nitrogens with zero attached hydrogens (tertiary/aromatic N) is 3. The number of rotatable bonds is 9. The van der Waals surface area contributed by atoms with E-state index in [2.05, 4.69) is 179 Å². The molecule has 52 heavy (non-hydrogen) atoms. The zero-order chi connectivity index (χ0) is 35.9. The van der Waals surface area contributed by atoms with Crippen molar-refractivity contribution in [2.75, 3.05) is 0 Å². The summed E-state index contributed by atoms with van der Waals surface area (Å²) in [6.07, 6.45) is 7.86. The van der Waals surface area contributed by atoms with Crippen LogP contribution in [0, 0.1) is 0 Å². The van der Waals surface area contributed by atoms with Gasteiger partial charge in [-0.1, -0.05) is 124 Å². The van der Waals surface area contributed by atoms with Crippen LogP contribution in [0.2, 0.25) is 0 Å². The highest BCUT2D eigenvalue weighted by Gasteiger charge is 2.56. The first-order chi connectivity index (χ1) is 25.4. The monoisotopic (exact) mass is 678 g/mol. The molecule has 8 rings (SSSR count). The van der Waals surface area contributed by atoms with Crippen molar-refractivity contribution < 1.29 is 4.57 Å². The van der Waals surface area contributed by atoms with Crippen molar-refractivity contribution in [3.63, 3.8) is 0 Å². The van der Waals surface area contributed by atoms with E-state index in [1.807, 2.05) is 0 Å². The van der Waals surface area contributed by atoms with E-state index in [0.29, 0.717) is 0 Å². The largest absolute Gasteiger partial charge is 0.228 e. The minimum absolute atomic E-state index is 0.0342. The van der Waals surface area contributed by atoms with Crippen LogP contribution < -0.4 is 4.57 Å². The molecular formula is C49H48N3+. The van der Waals surface area contributed by atoms with Gasteiger partial charge >= 0.3 is 0 Å². The van der Waals surface area contributed by atoms with Gasteiger partial charge in [0.25, 0.3) is 0 Å². The van der Waals surface area contributed by atoms with Crippen LogP contribution in [-0.4, -0.2) is 9.97 Å². The zero-order valence-electron chi connectivity index (χ0n) is 31.2. The lowest BCUT2D eigenvalue weighted by molar-refractivity contribution is -0.764. The Kier molecular flexibility index (Phi) is 8.83. The molecule has 1 aliphatic rings. The van der Waals surface area contributed by atoms with Crippen molar-refractivity contribution in [2.24, 2.45) is 0 Å². The number of fused-ring (bicyclic) bond motifs is 5. The lowest BCUT2D eigenvalue weighted by Crippen LogP contribution is -2.67. The van der Waals surface area contributed by atoms with Gasteiger partial charge in [0, 0.05) is 36.1 Å². The number of pyridine rings is 1. The third kappa shape index (κ3) is 5.64. The van der Waals surface area contributed by atoms with Gasteiger partial charge in [0.1, 0.15) is 0 Å². The number of aromatic nitrogens is 3. The van der Waals surface area contributed by atoms with Crippen LogP contribution >= 0.6 is 0 Å². The molecule has 0 amide bonds. The van der Waals surface area contributed by atoms with Crippen LogP contribution in [0.25, 0.3) is 67.1 Å². The molecule has 2 atom stereocenters. The van der Waals surface area contributed by atoms with Crippen LogP contribution in [0.3, 0.4) is 0 Å². The minimum atomic E-state index is -0.0656. The Balaban J connectivity index is 1.28. The molecule has 0 radical (unpaired) electrons. The summed E-state index contributed by atoms with van der Waals surface area (Å²) in [5.74, 6) is 0.735. The fraction of sp³-hybridized carbons (Fsp3) is 0.245. The maximum Gasteiger partial charge on any atom is 0.221 e. The maximum absolute atomic E-state index is 5.23. The Morgan fingerprint density at radius 3 is 2.06 bits per heavy atom. The first-order valence-electron chi connectivity index (χ1n) is 19.1. The molecule has 0 fully saturated rings. The van der Waals surface area contributed by atoms with Crippen molar-refractivity contribution in [1.82, 2.24) is 9.97 Å². The van der Waals surface area contributed by atoms with E-state index >= 15 is 0 Å². The Hall–Kier alpha value is -5.41. The summed E-state index contributed by atoms with van der Waals surface area (Å²) in [6, 6.07) is 48.6. The lowest BCUT2D eigenvalue weighted by Gasteiger charge is -2.46. The van der Waals surface area contributed by atoms with Gasteiger partial charge in [-0.2, -0.15) is 4.57 Å². The van der Waals surface area contributed by atoms with E-state index < -0.39 is 0 Å². The first kappa shape index (κ1) is 33.7. The number of unbranched alkanes of at least 4 members (excludes halogenated alkanes) is 1. The van der Waals surface area contributed by atoms with Gasteiger partial charge in [-0.05, 0) is 84.2 Å². The molecule has 0 bridgehead atoms. The molecule has 2 unspecified atom stereocenters. The third-order valence-corrected chi connectivity index (χ3v) is 12.1. The van der Waals surface area contributed by atoms with Crippen molar-refractivity contribution in [2.45, 2.75) is 77.7 Å². The summed E-state index contributed by atoms with van der Waals surface area (Å²) < 4.78 is 2.59. The maximum atomic E-state index is 5.23. The molecular weight excluding hydrogens is 631 g/mol. The highest BCUT2D eigenvalue weighted by atomic mass is 15.1.